The summed E-state index contributed by atoms with van der Waals surface area (Å²) >= 11 is 1.76. The first-order valence-corrected chi connectivity index (χ1v) is 9.44. The summed E-state index contributed by atoms with van der Waals surface area (Å²) in [5.41, 5.74) is 2.23. The number of halogens is 1. The van der Waals surface area contributed by atoms with E-state index in [0.29, 0.717) is 19.0 Å². The second-order valence-electron chi connectivity index (χ2n) is 6.32. The van der Waals surface area contributed by atoms with E-state index in [-0.39, 0.29) is 18.3 Å². The van der Waals surface area contributed by atoms with Gasteiger partial charge in [0.15, 0.2) is 5.96 Å². The Morgan fingerprint density at radius 3 is 2.85 bits per heavy atom. The van der Waals surface area contributed by atoms with Crippen LogP contribution in [0.15, 0.2) is 40.7 Å². The first-order chi connectivity index (χ1) is 12.6. The zero-order valence-corrected chi connectivity index (χ0v) is 15.9. The maximum Gasteiger partial charge on any atom is 0.242 e. The lowest BCUT2D eigenvalue weighted by Crippen LogP contribution is -2.46. The van der Waals surface area contributed by atoms with Gasteiger partial charge in [-0.05, 0) is 41.1 Å². The van der Waals surface area contributed by atoms with Gasteiger partial charge < -0.3 is 15.1 Å². The third-order valence-electron chi connectivity index (χ3n) is 4.46. The normalized spacial score (nSPS) is 14.1. The summed E-state index contributed by atoms with van der Waals surface area (Å²) in [5, 5.41) is 5.22. The molecule has 0 spiro atoms. The molecule has 0 fully saturated rings. The summed E-state index contributed by atoms with van der Waals surface area (Å²) in [4.78, 5) is 21.9. The van der Waals surface area contributed by atoms with Crippen LogP contribution in [-0.2, 0) is 24.3 Å². The van der Waals surface area contributed by atoms with Crippen molar-refractivity contribution in [1.82, 2.24) is 15.1 Å². The lowest BCUT2D eigenvalue weighted by Gasteiger charge is -2.28. The number of rotatable bonds is 4. The minimum Gasteiger partial charge on any atom is -0.347 e. The summed E-state index contributed by atoms with van der Waals surface area (Å²) in [6.45, 7) is 2.23. The largest absolute Gasteiger partial charge is 0.347 e. The molecule has 7 heteroatoms. The third-order valence-corrected chi connectivity index (χ3v) is 5.49. The topological polar surface area (TPSA) is 47.9 Å². The molecule has 0 radical (unpaired) electrons. The highest BCUT2D eigenvalue weighted by atomic mass is 32.1. The number of nitrogens with one attached hydrogen (secondary N) is 1. The predicted octanol–water partition coefficient (Wildman–Crippen LogP) is 2.48. The quantitative estimate of drug-likeness (QED) is 0.661. The fraction of sp³-hybridized carbons (Fsp3) is 0.368. The molecule has 0 aliphatic carbocycles. The molecule has 0 atom stereocenters. The van der Waals surface area contributed by atoms with Crippen molar-refractivity contribution in [2.24, 2.45) is 4.99 Å². The van der Waals surface area contributed by atoms with Gasteiger partial charge in [0.1, 0.15) is 5.82 Å². The molecular weight excluding hydrogens is 351 g/mol. The van der Waals surface area contributed by atoms with Crippen LogP contribution in [0, 0.1) is 5.82 Å². The summed E-state index contributed by atoms with van der Waals surface area (Å²) in [5.74, 6) is 0.453. The van der Waals surface area contributed by atoms with Gasteiger partial charge in [-0.15, -0.1) is 11.3 Å². The molecule has 0 saturated carbocycles. The molecule has 1 aliphatic rings. The summed E-state index contributed by atoms with van der Waals surface area (Å²) in [6, 6.07) is 8.48. The Morgan fingerprint density at radius 1 is 1.35 bits per heavy atom. The summed E-state index contributed by atoms with van der Waals surface area (Å²) in [6.07, 6.45) is 0.929. The van der Waals surface area contributed by atoms with Crippen molar-refractivity contribution in [2.75, 3.05) is 27.2 Å². The van der Waals surface area contributed by atoms with Crippen molar-refractivity contribution >= 4 is 23.2 Å². The molecule has 138 valence electrons. The molecular formula is C19H23FN4OS. The molecule has 2 aromatic rings. The van der Waals surface area contributed by atoms with E-state index in [2.05, 4.69) is 21.8 Å². The van der Waals surface area contributed by atoms with Crippen molar-refractivity contribution < 1.29 is 9.18 Å². The molecule has 5 nitrogen and oxygen atoms in total. The maximum absolute atomic E-state index is 13.0. The summed E-state index contributed by atoms with van der Waals surface area (Å²) in [7, 11) is 3.58. The summed E-state index contributed by atoms with van der Waals surface area (Å²) < 4.78 is 13.0. The Hall–Kier alpha value is -2.41. The van der Waals surface area contributed by atoms with Crippen molar-refractivity contribution in [3.05, 3.63) is 57.5 Å². The first kappa shape index (κ1) is 18.4. The average molecular weight is 374 g/mol. The predicted molar refractivity (Wildman–Crippen MR) is 103 cm³/mol. The lowest BCUT2D eigenvalue weighted by atomic mass is 10.1. The number of fused-ring (bicyclic) bond motifs is 1. The van der Waals surface area contributed by atoms with Gasteiger partial charge in [-0.1, -0.05) is 12.1 Å². The maximum atomic E-state index is 13.0. The highest BCUT2D eigenvalue weighted by molar-refractivity contribution is 7.10. The molecule has 0 unspecified atom stereocenters. The second-order valence-corrected chi connectivity index (χ2v) is 7.32. The number of guanidine groups is 1. The minimum atomic E-state index is -0.250. The Bertz CT molecular complexity index is 787. The number of aliphatic imine (C=N–C) groups is 1. The van der Waals surface area contributed by atoms with Crippen LogP contribution < -0.4 is 5.32 Å². The number of thiophene rings is 1. The SMILES string of the molecule is CN=C(NCC(=O)N1CCc2sccc2C1)N(C)Cc1ccc(F)cc1. The van der Waals surface area contributed by atoms with Gasteiger partial charge in [-0.2, -0.15) is 0 Å². The molecule has 3 rings (SSSR count). The van der Waals surface area contributed by atoms with Crippen LogP contribution >= 0.6 is 11.3 Å². The van der Waals surface area contributed by atoms with E-state index in [1.54, 1.807) is 30.5 Å². The van der Waals surface area contributed by atoms with Gasteiger partial charge in [0.25, 0.3) is 0 Å². The Morgan fingerprint density at radius 2 is 2.12 bits per heavy atom. The molecule has 1 N–H and O–H groups in total. The van der Waals surface area contributed by atoms with Crippen molar-refractivity contribution in [2.45, 2.75) is 19.5 Å². The van der Waals surface area contributed by atoms with E-state index in [0.717, 1.165) is 18.5 Å². The Labute approximate surface area is 157 Å². The highest BCUT2D eigenvalue weighted by Crippen LogP contribution is 2.23. The van der Waals surface area contributed by atoms with Crippen LogP contribution in [0.2, 0.25) is 0 Å². The number of nitrogens with zero attached hydrogens (tertiary/aromatic N) is 3. The molecule has 1 aromatic heterocycles. The number of amides is 1. The Kier molecular flexibility index (Phi) is 5.88. The second kappa shape index (κ2) is 8.31. The van der Waals surface area contributed by atoms with Crippen LogP contribution in [0.4, 0.5) is 4.39 Å². The van der Waals surface area contributed by atoms with Crippen LogP contribution in [0.5, 0.6) is 0 Å². The minimum absolute atomic E-state index is 0.0678. The molecule has 0 saturated heterocycles. The average Bonchev–Trinajstić information content (AvgIpc) is 3.11. The zero-order valence-electron chi connectivity index (χ0n) is 15.0. The number of carbonyl (C=O) groups is 1. The van der Waals surface area contributed by atoms with E-state index < -0.39 is 0 Å². The molecule has 1 amide bonds. The smallest absolute Gasteiger partial charge is 0.242 e. The molecule has 0 bridgehead atoms. The van der Waals surface area contributed by atoms with Gasteiger partial charge in [-0.3, -0.25) is 9.79 Å². The van der Waals surface area contributed by atoms with Crippen LogP contribution in [-0.4, -0.2) is 48.9 Å². The molecule has 1 aliphatic heterocycles. The zero-order chi connectivity index (χ0) is 18.5. The number of benzene rings is 1. The van der Waals surface area contributed by atoms with E-state index >= 15 is 0 Å². The third kappa shape index (κ3) is 4.40. The van der Waals surface area contributed by atoms with Crippen LogP contribution in [0.25, 0.3) is 0 Å². The van der Waals surface area contributed by atoms with Gasteiger partial charge >= 0.3 is 0 Å². The monoisotopic (exact) mass is 374 g/mol. The van der Waals surface area contributed by atoms with Crippen molar-refractivity contribution in [3.63, 3.8) is 0 Å². The highest BCUT2D eigenvalue weighted by Gasteiger charge is 2.21. The standard InChI is InChI=1S/C19H23FN4OS/c1-21-19(23(2)12-14-3-5-16(20)6-4-14)22-11-18(25)24-9-7-17-15(13-24)8-10-26-17/h3-6,8,10H,7,9,11-13H2,1-2H3,(H,21,22). The van der Waals surface area contributed by atoms with Gasteiger partial charge in [0.2, 0.25) is 5.91 Å². The van der Waals surface area contributed by atoms with Crippen LogP contribution in [0.1, 0.15) is 16.0 Å². The molecule has 2 heterocycles. The van der Waals surface area contributed by atoms with Crippen LogP contribution in [0.3, 0.4) is 0 Å². The number of hydrogen-bond acceptors (Lipinski definition) is 3. The molecule has 26 heavy (non-hydrogen) atoms. The lowest BCUT2D eigenvalue weighted by molar-refractivity contribution is -0.130. The van der Waals surface area contributed by atoms with Gasteiger partial charge in [0.05, 0.1) is 6.54 Å². The van der Waals surface area contributed by atoms with E-state index in [1.807, 2.05) is 16.8 Å². The van der Waals surface area contributed by atoms with Gasteiger partial charge in [-0.25, -0.2) is 4.39 Å². The number of hydrogen-bond donors (Lipinski definition) is 1. The first-order valence-electron chi connectivity index (χ1n) is 8.56. The van der Waals surface area contributed by atoms with E-state index in [1.165, 1.54) is 22.6 Å². The van der Waals surface area contributed by atoms with E-state index in [9.17, 15) is 9.18 Å². The van der Waals surface area contributed by atoms with Gasteiger partial charge in [0, 0.05) is 38.6 Å². The van der Waals surface area contributed by atoms with Crippen molar-refractivity contribution in [3.8, 4) is 0 Å². The van der Waals surface area contributed by atoms with Crippen molar-refractivity contribution in [1.29, 1.82) is 0 Å². The van der Waals surface area contributed by atoms with E-state index in [4.69, 9.17) is 0 Å². The number of carbonyl (C=O) groups excluding carboxylic acids is 1. The fourth-order valence-corrected chi connectivity index (χ4v) is 3.94. The molecule has 1 aromatic carbocycles. The Balaban J connectivity index is 1.52. The fourth-order valence-electron chi connectivity index (χ4n) is 3.05.